The quantitative estimate of drug-likeness (QED) is 0.889. The van der Waals surface area contributed by atoms with Crippen LogP contribution < -0.4 is 5.32 Å². The normalized spacial score (nSPS) is 12.9. The largest absolute Gasteiger partial charge is 0.481 e. The first-order valence-corrected chi connectivity index (χ1v) is 6.79. The van der Waals surface area contributed by atoms with E-state index in [0.717, 1.165) is 0 Å². The lowest BCUT2D eigenvalue weighted by Gasteiger charge is -2.23. The molecule has 0 saturated heterocycles. The molecular formula is C13H20ClN3O4. The number of carbonyl (C=O) groups excluding carboxylic acids is 1. The van der Waals surface area contributed by atoms with E-state index in [1.165, 1.54) is 4.68 Å². The molecule has 0 aliphatic carbocycles. The number of nitrogens with zero attached hydrogens (tertiary/aromatic N) is 2. The Morgan fingerprint density at radius 1 is 1.48 bits per heavy atom. The SMILES string of the molecule is Cc1nn(C)c(Cl)c1[C@H](CC(=O)O)NC(=O)OC(C)(C)C. The van der Waals surface area contributed by atoms with Gasteiger partial charge >= 0.3 is 12.1 Å². The highest BCUT2D eigenvalue weighted by molar-refractivity contribution is 6.30. The first kappa shape index (κ1) is 17.3. The van der Waals surface area contributed by atoms with Crippen molar-refractivity contribution in [2.24, 2.45) is 7.05 Å². The molecule has 7 nitrogen and oxygen atoms in total. The van der Waals surface area contributed by atoms with Crippen LogP contribution in [0.4, 0.5) is 4.79 Å². The van der Waals surface area contributed by atoms with Crippen LogP contribution in [0, 0.1) is 6.92 Å². The zero-order chi connectivity index (χ0) is 16.4. The maximum absolute atomic E-state index is 11.9. The first-order chi connectivity index (χ1) is 9.51. The van der Waals surface area contributed by atoms with E-state index in [0.29, 0.717) is 11.3 Å². The summed E-state index contributed by atoms with van der Waals surface area (Å²) in [6.07, 6.45) is -1.01. The van der Waals surface area contributed by atoms with Gasteiger partial charge < -0.3 is 15.2 Å². The average molecular weight is 318 g/mol. The molecular weight excluding hydrogens is 298 g/mol. The van der Waals surface area contributed by atoms with Crippen molar-refractivity contribution in [3.05, 3.63) is 16.4 Å². The number of alkyl carbamates (subject to hydrolysis) is 1. The number of rotatable bonds is 4. The molecule has 21 heavy (non-hydrogen) atoms. The van der Waals surface area contributed by atoms with Crippen molar-refractivity contribution in [2.45, 2.75) is 45.8 Å². The number of aromatic nitrogens is 2. The number of amides is 1. The number of nitrogens with one attached hydrogen (secondary N) is 1. The van der Waals surface area contributed by atoms with Crippen LogP contribution in [0.15, 0.2) is 0 Å². The maximum atomic E-state index is 11.9. The van der Waals surface area contributed by atoms with Crippen LogP contribution >= 0.6 is 11.6 Å². The zero-order valence-electron chi connectivity index (χ0n) is 12.7. The molecule has 1 aromatic rings. The Morgan fingerprint density at radius 2 is 2.05 bits per heavy atom. The standard InChI is InChI=1S/C13H20ClN3O4/c1-7-10(11(14)17(5)16-7)8(6-9(18)19)15-12(20)21-13(2,3)4/h8H,6H2,1-5H3,(H,15,20)(H,18,19)/t8-/m0/s1. The van der Waals surface area contributed by atoms with Gasteiger partial charge in [-0.25, -0.2) is 4.79 Å². The second-order valence-corrected chi connectivity index (χ2v) is 6.07. The first-order valence-electron chi connectivity index (χ1n) is 6.41. The van der Waals surface area contributed by atoms with Crippen LogP contribution in [0.3, 0.4) is 0 Å². The van der Waals surface area contributed by atoms with Crippen LogP contribution in [0.1, 0.15) is 44.5 Å². The summed E-state index contributed by atoms with van der Waals surface area (Å²) in [6, 6.07) is -0.807. The number of halogens is 1. The lowest BCUT2D eigenvalue weighted by molar-refractivity contribution is -0.137. The van der Waals surface area contributed by atoms with Gasteiger partial charge in [0.25, 0.3) is 0 Å². The van der Waals surface area contributed by atoms with Crippen LogP contribution in [-0.4, -0.2) is 32.6 Å². The van der Waals surface area contributed by atoms with E-state index in [4.69, 9.17) is 21.4 Å². The highest BCUT2D eigenvalue weighted by atomic mass is 35.5. The van der Waals surface area contributed by atoms with Crippen LogP contribution in [0.25, 0.3) is 0 Å². The van der Waals surface area contributed by atoms with Gasteiger partial charge in [-0.2, -0.15) is 5.10 Å². The van der Waals surface area contributed by atoms with E-state index in [1.54, 1.807) is 34.7 Å². The van der Waals surface area contributed by atoms with Crippen molar-refractivity contribution in [2.75, 3.05) is 0 Å². The van der Waals surface area contributed by atoms with Crippen molar-refractivity contribution in [3.63, 3.8) is 0 Å². The van der Waals surface area contributed by atoms with Gasteiger partial charge in [0.05, 0.1) is 18.2 Å². The number of aryl methyl sites for hydroxylation is 2. The summed E-state index contributed by atoms with van der Waals surface area (Å²) in [5.74, 6) is -1.06. The molecule has 1 atom stereocenters. The lowest BCUT2D eigenvalue weighted by atomic mass is 10.1. The van der Waals surface area contributed by atoms with Gasteiger partial charge in [-0.1, -0.05) is 11.6 Å². The van der Waals surface area contributed by atoms with Crippen molar-refractivity contribution in [3.8, 4) is 0 Å². The topological polar surface area (TPSA) is 93.5 Å². The average Bonchev–Trinajstić information content (AvgIpc) is 2.48. The highest BCUT2D eigenvalue weighted by Gasteiger charge is 2.27. The van der Waals surface area contributed by atoms with Crippen LogP contribution in [0.2, 0.25) is 5.15 Å². The van der Waals surface area contributed by atoms with Crippen molar-refractivity contribution in [1.29, 1.82) is 0 Å². The number of carboxylic acid groups (broad SMARTS) is 1. The number of ether oxygens (including phenoxy) is 1. The zero-order valence-corrected chi connectivity index (χ0v) is 13.5. The minimum absolute atomic E-state index is 0.287. The van der Waals surface area contributed by atoms with E-state index in [9.17, 15) is 9.59 Å². The van der Waals surface area contributed by atoms with E-state index < -0.39 is 23.7 Å². The predicted molar refractivity (Wildman–Crippen MR) is 77.3 cm³/mol. The summed E-state index contributed by atoms with van der Waals surface area (Å²) < 4.78 is 6.57. The molecule has 0 bridgehead atoms. The number of carboxylic acids is 1. The summed E-state index contributed by atoms with van der Waals surface area (Å²) in [5, 5.41) is 16.0. The molecule has 0 aromatic carbocycles. The van der Waals surface area contributed by atoms with Gasteiger partial charge in [0.2, 0.25) is 0 Å². The fourth-order valence-corrected chi connectivity index (χ4v) is 2.20. The van der Waals surface area contributed by atoms with Gasteiger partial charge in [0.1, 0.15) is 10.8 Å². The molecule has 0 radical (unpaired) electrons. The summed E-state index contributed by atoms with van der Waals surface area (Å²) in [5.41, 5.74) is 0.364. The van der Waals surface area contributed by atoms with Crippen LogP contribution in [0.5, 0.6) is 0 Å². The van der Waals surface area contributed by atoms with Crippen molar-refractivity contribution < 1.29 is 19.4 Å². The number of hydrogen-bond acceptors (Lipinski definition) is 4. The third kappa shape index (κ3) is 4.93. The molecule has 0 fully saturated rings. The lowest BCUT2D eigenvalue weighted by Crippen LogP contribution is -2.36. The monoisotopic (exact) mass is 317 g/mol. The summed E-state index contributed by atoms with van der Waals surface area (Å²) in [4.78, 5) is 22.9. The van der Waals surface area contributed by atoms with Gasteiger partial charge in [-0.05, 0) is 27.7 Å². The number of aliphatic carboxylic acids is 1. The minimum atomic E-state index is -1.06. The Kier molecular flexibility index (Phi) is 5.22. The number of carbonyl (C=O) groups is 2. The maximum Gasteiger partial charge on any atom is 0.408 e. The van der Waals surface area contributed by atoms with E-state index in [2.05, 4.69) is 10.4 Å². The van der Waals surface area contributed by atoms with Crippen LogP contribution in [-0.2, 0) is 16.6 Å². The molecule has 0 saturated carbocycles. The summed E-state index contributed by atoms with van der Waals surface area (Å²) in [6.45, 7) is 6.87. The molecule has 0 unspecified atom stereocenters. The molecule has 2 N–H and O–H groups in total. The Bertz CT molecular complexity index is 548. The molecule has 1 heterocycles. The predicted octanol–water partition coefficient (Wildman–Crippen LogP) is 2.42. The van der Waals surface area contributed by atoms with Crippen molar-refractivity contribution in [1.82, 2.24) is 15.1 Å². The van der Waals surface area contributed by atoms with Crippen molar-refractivity contribution >= 4 is 23.7 Å². The Hall–Kier alpha value is -1.76. The molecule has 118 valence electrons. The Balaban J connectivity index is 3.01. The molecule has 1 amide bonds. The fraction of sp³-hybridized carbons (Fsp3) is 0.615. The Morgan fingerprint density at radius 3 is 2.43 bits per heavy atom. The summed E-state index contributed by atoms with van der Waals surface area (Å²) >= 11 is 6.12. The van der Waals surface area contributed by atoms with Gasteiger partial charge in [-0.15, -0.1) is 0 Å². The van der Waals surface area contributed by atoms with E-state index >= 15 is 0 Å². The molecule has 0 spiro atoms. The van der Waals surface area contributed by atoms with E-state index in [1.807, 2.05) is 0 Å². The van der Waals surface area contributed by atoms with Gasteiger partial charge in [0.15, 0.2) is 0 Å². The smallest absolute Gasteiger partial charge is 0.408 e. The second-order valence-electron chi connectivity index (χ2n) is 5.71. The third-order valence-corrected chi connectivity index (χ3v) is 3.06. The third-order valence-electron chi connectivity index (χ3n) is 2.61. The molecule has 1 aromatic heterocycles. The fourth-order valence-electron chi connectivity index (χ4n) is 1.89. The van der Waals surface area contributed by atoms with E-state index in [-0.39, 0.29) is 11.6 Å². The molecule has 0 aliphatic heterocycles. The molecule has 1 rings (SSSR count). The highest BCUT2D eigenvalue weighted by Crippen LogP contribution is 2.28. The van der Waals surface area contributed by atoms with Gasteiger partial charge in [0, 0.05) is 12.6 Å². The summed E-state index contributed by atoms with van der Waals surface area (Å²) in [7, 11) is 1.64. The molecule has 0 aliphatic rings. The number of hydrogen-bond donors (Lipinski definition) is 2. The molecule has 8 heteroatoms. The second kappa shape index (κ2) is 6.34. The Labute approximate surface area is 128 Å². The minimum Gasteiger partial charge on any atom is -0.481 e. The van der Waals surface area contributed by atoms with Gasteiger partial charge in [-0.3, -0.25) is 9.48 Å².